The van der Waals surface area contributed by atoms with Crippen LogP contribution in [0.5, 0.6) is 0 Å². The molecular formula is C6H12O5S. The molecule has 0 radical (unpaired) electrons. The van der Waals surface area contributed by atoms with Gasteiger partial charge >= 0.3 is 5.97 Å². The number of carbonyl (C=O) groups excluding carboxylic acids is 1. The first kappa shape index (κ1) is 11.4. The highest BCUT2D eigenvalue weighted by atomic mass is 32.2. The molecule has 0 bridgehead atoms. The molecule has 0 aliphatic rings. The maximum Gasteiger partial charge on any atom is 0.302 e. The Morgan fingerprint density at radius 3 is 2.42 bits per heavy atom. The van der Waals surface area contributed by atoms with Crippen molar-refractivity contribution in [3.05, 3.63) is 0 Å². The molecule has 0 atom stereocenters. The third kappa shape index (κ3) is 6.11. The van der Waals surface area contributed by atoms with Crippen molar-refractivity contribution >= 4 is 16.1 Å². The SMILES string of the molecule is CCOS(=O)(=O)CCOC(C)=O. The van der Waals surface area contributed by atoms with E-state index in [2.05, 4.69) is 8.92 Å². The van der Waals surface area contributed by atoms with E-state index in [9.17, 15) is 13.2 Å². The smallest absolute Gasteiger partial charge is 0.302 e. The van der Waals surface area contributed by atoms with E-state index in [1.54, 1.807) is 6.92 Å². The molecule has 0 N–H and O–H groups in total. The number of carbonyl (C=O) groups is 1. The topological polar surface area (TPSA) is 69.7 Å². The van der Waals surface area contributed by atoms with Gasteiger partial charge in [0.25, 0.3) is 10.1 Å². The molecule has 0 heterocycles. The number of rotatable bonds is 5. The Balaban J connectivity index is 3.69. The molecular weight excluding hydrogens is 184 g/mol. The Kier molecular flexibility index (Phi) is 4.84. The van der Waals surface area contributed by atoms with Gasteiger partial charge < -0.3 is 4.74 Å². The van der Waals surface area contributed by atoms with E-state index in [-0.39, 0.29) is 19.0 Å². The summed E-state index contributed by atoms with van der Waals surface area (Å²) in [6, 6.07) is 0. The quantitative estimate of drug-likeness (QED) is 0.454. The van der Waals surface area contributed by atoms with Crippen LogP contribution in [0.15, 0.2) is 0 Å². The molecule has 0 aliphatic carbocycles. The van der Waals surface area contributed by atoms with Gasteiger partial charge in [0.05, 0.1) is 6.61 Å². The van der Waals surface area contributed by atoms with E-state index in [4.69, 9.17) is 0 Å². The van der Waals surface area contributed by atoms with Crippen molar-refractivity contribution in [2.75, 3.05) is 19.0 Å². The first-order chi connectivity index (χ1) is 5.48. The molecule has 0 aromatic heterocycles. The molecule has 0 saturated carbocycles. The largest absolute Gasteiger partial charge is 0.465 e. The van der Waals surface area contributed by atoms with Crippen LogP contribution in [0.3, 0.4) is 0 Å². The normalized spacial score (nSPS) is 11.2. The summed E-state index contributed by atoms with van der Waals surface area (Å²) in [5, 5.41) is 0. The lowest BCUT2D eigenvalue weighted by molar-refractivity contribution is -0.140. The van der Waals surface area contributed by atoms with Crippen molar-refractivity contribution in [2.45, 2.75) is 13.8 Å². The van der Waals surface area contributed by atoms with Gasteiger partial charge in [0, 0.05) is 6.92 Å². The van der Waals surface area contributed by atoms with Crippen molar-refractivity contribution in [1.82, 2.24) is 0 Å². The average molecular weight is 196 g/mol. The zero-order valence-corrected chi connectivity index (χ0v) is 7.89. The van der Waals surface area contributed by atoms with Crippen molar-refractivity contribution < 1.29 is 22.1 Å². The van der Waals surface area contributed by atoms with Gasteiger partial charge in [-0.15, -0.1) is 0 Å². The summed E-state index contributed by atoms with van der Waals surface area (Å²) >= 11 is 0. The van der Waals surface area contributed by atoms with Crippen molar-refractivity contribution in [3.8, 4) is 0 Å². The van der Waals surface area contributed by atoms with Crippen LogP contribution in [0.25, 0.3) is 0 Å². The van der Waals surface area contributed by atoms with Crippen LogP contribution in [0.2, 0.25) is 0 Å². The lowest BCUT2D eigenvalue weighted by Gasteiger charge is -2.02. The van der Waals surface area contributed by atoms with Crippen LogP contribution < -0.4 is 0 Å². The van der Waals surface area contributed by atoms with Crippen molar-refractivity contribution in [1.29, 1.82) is 0 Å². The van der Waals surface area contributed by atoms with E-state index in [1.165, 1.54) is 6.92 Å². The predicted octanol–water partition coefficient (Wildman–Crippen LogP) is -0.0842. The van der Waals surface area contributed by atoms with Gasteiger partial charge in [0.2, 0.25) is 0 Å². The molecule has 0 unspecified atom stereocenters. The van der Waals surface area contributed by atoms with Gasteiger partial charge in [0.1, 0.15) is 12.4 Å². The third-order valence-corrected chi connectivity index (χ3v) is 2.20. The fraction of sp³-hybridized carbons (Fsp3) is 0.833. The average Bonchev–Trinajstić information content (AvgIpc) is 1.85. The molecule has 12 heavy (non-hydrogen) atoms. The maximum atomic E-state index is 10.8. The number of ether oxygens (including phenoxy) is 1. The fourth-order valence-corrected chi connectivity index (χ4v) is 1.29. The number of hydrogen-bond donors (Lipinski definition) is 0. The second kappa shape index (κ2) is 5.10. The molecule has 0 saturated heterocycles. The Hall–Kier alpha value is -0.620. The minimum absolute atomic E-state index is 0.0996. The molecule has 0 amide bonds. The fourth-order valence-electron chi connectivity index (χ4n) is 0.526. The molecule has 0 aromatic rings. The highest BCUT2D eigenvalue weighted by Gasteiger charge is 2.10. The zero-order chi connectivity index (χ0) is 9.61. The molecule has 0 aliphatic heterocycles. The summed E-state index contributed by atoms with van der Waals surface area (Å²) in [5.41, 5.74) is 0. The van der Waals surface area contributed by atoms with Gasteiger partial charge in [-0.3, -0.25) is 8.98 Å². The second-order valence-electron chi connectivity index (χ2n) is 2.01. The van der Waals surface area contributed by atoms with Crippen LogP contribution in [0, 0.1) is 0 Å². The van der Waals surface area contributed by atoms with E-state index in [1.807, 2.05) is 0 Å². The van der Waals surface area contributed by atoms with Gasteiger partial charge in [-0.05, 0) is 6.92 Å². The minimum atomic E-state index is -3.50. The van der Waals surface area contributed by atoms with Crippen LogP contribution in [0.4, 0.5) is 0 Å². The summed E-state index contributed by atoms with van der Waals surface area (Å²) in [4.78, 5) is 10.2. The Labute approximate surface area is 71.8 Å². The number of hydrogen-bond acceptors (Lipinski definition) is 5. The summed E-state index contributed by atoms with van der Waals surface area (Å²) in [5.74, 6) is -0.790. The summed E-state index contributed by atoms with van der Waals surface area (Å²) in [6.07, 6.45) is 0. The first-order valence-electron chi connectivity index (χ1n) is 3.48. The van der Waals surface area contributed by atoms with Gasteiger partial charge in [-0.1, -0.05) is 0 Å². The molecule has 0 rings (SSSR count). The van der Waals surface area contributed by atoms with Crippen LogP contribution >= 0.6 is 0 Å². The zero-order valence-electron chi connectivity index (χ0n) is 7.07. The first-order valence-corrected chi connectivity index (χ1v) is 5.06. The van der Waals surface area contributed by atoms with Crippen molar-refractivity contribution in [2.24, 2.45) is 0 Å². The van der Waals surface area contributed by atoms with E-state index < -0.39 is 16.1 Å². The van der Waals surface area contributed by atoms with Crippen LogP contribution in [-0.4, -0.2) is 33.4 Å². The lowest BCUT2D eigenvalue weighted by Crippen LogP contribution is -2.16. The standard InChI is InChI=1S/C6H12O5S/c1-3-11-12(8,9)5-4-10-6(2)7/h3-5H2,1-2H3. The molecule has 0 aromatic carbocycles. The molecule has 72 valence electrons. The Morgan fingerprint density at radius 2 is 2.00 bits per heavy atom. The van der Waals surface area contributed by atoms with Crippen molar-refractivity contribution in [3.63, 3.8) is 0 Å². The minimum Gasteiger partial charge on any atom is -0.465 e. The summed E-state index contributed by atoms with van der Waals surface area (Å²) in [7, 11) is -3.50. The summed E-state index contributed by atoms with van der Waals surface area (Å²) in [6.45, 7) is 2.73. The summed E-state index contributed by atoms with van der Waals surface area (Å²) < 4.78 is 30.4. The van der Waals surface area contributed by atoms with Crippen LogP contribution in [-0.2, 0) is 23.8 Å². The van der Waals surface area contributed by atoms with E-state index in [0.717, 1.165) is 0 Å². The predicted molar refractivity (Wildman–Crippen MR) is 42.0 cm³/mol. The second-order valence-corrected chi connectivity index (χ2v) is 3.77. The van der Waals surface area contributed by atoms with Crippen LogP contribution in [0.1, 0.15) is 13.8 Å². The molecule has 6 heteroatoms. The highest BCUT2D eigenvalue weighted by molar-refractivity contribution is 7.86. The third-order valence-electron chi connectivity index (χ3n) is 0.936. The molecule has 0 fully saturated rings. The lowest BCUT2D eigenvalue weighted by atomic mass is 10.8. The Morgan fingerprint density at radius 1 is 1.42 bits per heavy atom. The highest BCUT2D eigenvalue weighted by Crippen LogP contribution is 1.92. The molecule has 0 spiro atoms. The number of esters is 1. The van der Waals surface area contributed by atoms with E-state index >= 15 is 0 Å². The van der Waals surface area contributed by atoms with Gasteiger partial charge in [-0.2, -0.15) is 8.42 Å². The van der Waals surface area contributed by atoms with Gasteiger partial charge in [0.15, 0.2) is 0 Å². The Bertz CT molecular complexity index is 230. The monoisotopic (exact) mass is 196 g/mol. The van der Waals surface area contributed by atoms with Gasteiger partial charge in [-0.25, -0.2) is 0 Å². The maximum absolute atomic E-state index is 10.8. The van der Waals surface area contributed by atoms with E-state index in [0.29, 0.717) is 0 Å². The molecule has 5 nitrogen and oxygen atoms in total.